The number of hydrogen-bond acceptors (Lipinski definition) is 3. The number of para-hydroxylation sites is 1. The number of benzene rings is 6. The Bertz CT molecular complexity index is 2870. The molecule has 5 heteroatoms. The molecule has 16 rings (SSSR count). The van der Waals surface area contributed by atoms with Gasteiger partial charge in [0.25, 0.3) is 0 Å². The van der Waals surface area contributed by atoms with Crippen molar-refractivity contribution in [2.45, 2.75) is 343 Å². The summed E-state index contributed by atoms with van der Waals surface area (Å²) in [5.41, 5.74) is 8.35. The molecule has 8 saturated carbocycles. The monoisotopic (exact) mass is 1490 g/mol. The van der Waals surface area contributed by atoms with Crippen molar-refractivity contribution in [1.29, 1.82) is 0 Å². The van der Waals surface area contributed by atoms with E-state index < -0.39 is 11.9 Å². The first-order valence-electron chi connectivity index (χ1n) is 45.1. The second-order valence-electron chi connectivity index (χ2n) is 29.5. The first kappa shape index (κ1) is 106. The summed E-state index contributed by atoms with van der Waals surface area (Å²) < 4.78 is 5.42. The second kappa shape index (κ2) is 62.9. The molecule has 0 spiro atoms. The highest BCUT2D eigenvalue weighted by Gasteiger charge is 2.64. The standard InChI is InChI=1S/C27H46O2.C12H18O2.C10H8.C9H10O.C9H10.2C7H8.11C2H6/c1-16-11-12-26(5)20(13-16)14-18(3)25-22-9-8-21(17(2)7-10-24(28)29)27(22,6)19(4)15-23(25)26;13-11(14)7-12-4-8-1-9(5-12)3-10(2-8)6-12;1-2-6-10-8-4-3-7-9(10)5-1;1-2-6-9-8(4-1)5-3-7-10-9;1-2-5-9-7-3-6-8(9)4-1;2*1-7-5-3-2-4-6-7;11*1-2/h16-23,25H,7-15H2,1-6H3,(H,28,29);8-10H,1-7H2,(H,13,14);1-8H;1-2,4,6H,3,5,7H2;1-2,4-5H,3,6-7H2;2*2-6H,1H3;11*1-2H3. The molecule has 4 bridgehead atoms. The van der Waals surface area contributed by atoms with Gasteiger partial charge in [-0.15, -0.1) is 0 Å². The molecular formula is C103H174O5. The van der Waals surface area contributed by atoms with Gasteiger partial charge in [0.1, 0.15) is 5.75 Å². The Morgan fingerprint density at radius 2 is 0.852 bits per heavy atom. The van der Waals surface area contributed by atoms with E-state index >= 15 is 0 Å². The number of carboxylic acid groups (broad SMARTS) is 2. The molecule has 108 heavy (non-hydrogen) atoms. The van der Waals surface area contributed by atoms with Gasteiger partial charge in [0, 0.05) is 6.42 Å². The van der Waals surface area contributed by atoms with Crippen LogP contribution in [0.25, 0.3) is 10.8 Å². The first-order chi connectivity index (χ1) is 52.4. The van der Waals surface area contributed by atoms with Crippen molar-refractivity contribution in [2.75, 3.05) is 6.61 Å². The third-order valence-corrected chi connectivity index (χ3v) is 23.5. The molecule has 6 aromatic carbocycles. The fourth-order valence-corrected chi connectivity index (χ4v) is 19.6. The maximum Gasteiger partial charge on any atom is 0.303 e. The fraction of sp³-hybridized carbons (Fsp3) is 0.650. The van der Waals surface area contributed by atoms with Crippen LogP contribution in [-0.2, 0) is 28.9 Å². The van der Waals surface area contributed by atoms with Crippen LogP contribution in [-0.4, -0.2) is 28.8 Å². The van der Waals surface area contributed by atoms with Crippen LogP contribution in [0.2, 0.25) is 0 Å². The highest BCUT2D eigenvalue weighted by atomic mass is 16.5. The van der Waals surface area contributed by atoms with Crippen molar-refractivity contribution in [1.82, 2.24) is 0 Å². The number of carboxylic acids is 2. The third kappa shape index (κ3) is 34.5. The average molecular weight is 1490 g/mol. The highest BCUT2D eigenvalue weighted by Crippen LogP contribution is 2.71. The van der Waals surface area contributed by atoms with E-state index in [1.165, 1.54) is 137 Å². The van der Waals surface area contributed by atoms with E-state index in [1.54, 1.807) is 11.1 Å². The second-order valence-corrected chi connectivity index (χ2v) is 29.5. The molecule has 9 aliphatic carbocycles. The normalized spacial score (nSPS) is 26.0. The molecule has 10 aliphatic rings. The molecular weight excluding hydrogens is 1320 g/mol. The van der Waals surface area contributed by atoms with Crippen molar-refractivity contribution in [3.8, 4) is 5.75 Å². The minimum absolute atomic E-state index is 0.223. The van der Waals surface area contributed by atoms with Crippen LogP contribution >= 0.6 is 0 Å². The zero-order chi connectivity index (χ0) is 82.8. The van der Waals surface area contributed by atoms with Crippen LogP contribution in [0.1, 0.15) is 337 Å². The van der Waals surface area contributed by atoms with Gasteiger partial charge in [-0.3, -0.25) is 9.59 Å². The molecule has 0 aromatic heterocycles. The zero-order valence-electron chi connectivity index (χ0n) is 76.1. The van der Waals surface area contributed by atoms with E-state index in [4.69, 9.17) is 9.84 Å². The first-order valence-corrected chi connectivity index (χ1v) is 45.1. The molecule has 1 heterocycles. The molecule has 11 atom stereocenters. The van der Waals surface area contributed by atoms with Gasteiger partial charge >= 0.3 is 11.9 Å². The van der Waals surface area contributed by atoms with Crippen LogP contribution in [0.15, 0.2) is 158 Å². The van der Waals surface area contributed by atoms with Crippen LogP contribution in [0.3, 0.4) is 0 Å². The van der Waals surface area contributed by atoms with Crippen LogP contribution in [0.5, 0.6) is 5.75 Å². The summed E-state index contributed by atoms with van der Waals surface area (Å²) in [6.07, 6.45) is 25.8. The molecule has 616 valence electrons. The van der Waals surface area contributed by atoms with Gasteiger partial charge in [-0.05, 0) is 250 Å². The van der Waals surface area contributed by atoms with Crippen molar-refractivity contribution in [3.63, 3.8) is 0 Å². The largest absolute Gasteiger partial charge is 0.493 e. The Hall–Kier alpha value is -5.68. The highest BCUT2D eigenvalue weighted by molar-refractivity contribution is 5.82. The van der Waals surface area contributed by atoms with Gasteiger partial charge in [0.05, 0.1) is 13.0 Å². The Morgan fingerprint density at radius 1 is 0.454 bits per heavy atom. The SMILES string of the molecule is CC.CC.CC.CC.CC.CC.CC.CC.CC.CC.CC.CC1CCC2(C)C(C1)CC(C)C1C2CC(C)C2(C)C(C(C)CCC(=O)O)CCC12.Cc1ccccc1.Cc1ccccc1.O=C(O)CC12CC3CC(CC(C3)C1)C2.c1ccc2c(c1)CCC2.c1ccc2c(c1)CCCO2.c1ccc2ccccc2c1. The molecule has 2 N–H and O–H groups in total. The van der Waals surface area contributed by atoms with Gasteiger partial charge in [-0.1, -0.05) is 363 Å². The smallest absolute Gasteiger partial charge is 0.303 e. The van der Waals surface area contributed by atoms with Crippen LogP contribution < -0.4 is 4.74 Å². The summed E-state index contributed by atoms with van der Waals surface area (Å²) in [5, 5.41) is 20.8. The van der Waals surface area contributed by atoms with E-state index in [1.807, 2.05) is 201 Å². The predicted molar refractivity (Wildman–Crippen MR) is 482 cm³/mol. The summed E-state index contributed by atoms with van der Waals surface area (Å²) in [6.45, 7) is 64.4. The van der Waals surface area contributed by atoms with Gasteiger partial charge in [0.15, 0.2) is 0 Å². The number of carbonyl (C=O) groups is 2. The Kier molecular flexibility index (Phi) is 62.0. The summed E-state index contributed by atoms with van der Waals surface area (Å²) in [7, 11) is 0. The lowest BCUT2D eigenvalue weighted by Gasteiger charge is -2.65. The fourth-order valence-electron chi connectivity index (χ4n) is 19.6. The van der Waals surface area contributed by atoms with Crippen molar-refractivity contribution in [2.24, 2.45) is 87.3 Å². The van der Waals surface area contributed by atoms with Crippen molar-refractivity contribution in [3.05, 3.63) is 186 Å². The minimum atomic E-state index is -0.625. The van der Waals surface area contributed by atoms with Crippen molar-refractivity contribution >= 4 is 22.7 Å². The molecule has 0 saturated heterocycles. The third-order valence-electron chi connectivity index (χ3n) is 23.5. The van der Waals surface area contributed by atoms with E-state index in [9.17, 15) is 14.7 Å². The number of aliphatic carboxylic acids is 2. The number of rotatable bonds is 6. The topological polar surface area (TPSA) is 83.8 Å². The molecule has 1 aliphatic heterocycles. The lowest BCUT2D eigenvalue weighted by Crippen LogP contribution is -2.58. The van der Waals surface area contributed by atoms with Crippen molar-refractivity contribution < 1.29 is 24.5 Å². The van der Waals surface area contributed by atoms with Crippen LogP contribution in [0, 0.1) is 101 Å². The van der Waals surface area contributed by atoms with E-state index in [2.05, 4.69) is 165 Å². The predicted octanol–water partition coefficient (Wildman–Crippen LogP) is 32.3. The Labute approximate surface area is 671 Å². The summed E-state index contributed by atoms with van der Waals surface area (Å²) in [5.74, 6) is 9.96. The number of ether oxygens (including phenoxy) is 1. The number of hydrogen-bond donors (Lipinski definition) is 2. The molecule has 0 radical (unpaired) electrons. The maximum atomic E-state index is 11.2. The minimum Gasteiger partial charge on any atom is -0.493 e. The van der Waals surface area contributed by atoms with Gasteiger partial charge < -0.3 is 14.9 Å². The summed E-state index contributed by atoms with van der Waals surface area (Å²) in [4.78, 5) is 22.1. The molecule has 11 unspecified atom stereocenters. The quantitative estimate of drug-likeness (QED) is 0.174. The van der Waals surface area contributed by atoms with E-state index in [0.29, 0.717) is 35.5 Å². The molecule has 0 amide bonds. The average Bonchev–Trinajstić information content (AvgIpc) is 1.44. The molecule has 6 aromatic rings. The van der Waals surface area contributed by atoms with Gasteiger partial charge in [0.2, 0.25) is 0 Å². The van der Waals surface area contributed by atoms with E-state index in [0.717, 1.165) is 84.4 Å². The Balaban J connectivity index is -0.00000120. The lowest BCUT2D eigenvalue weighted by molar-refractivity contribution is -0.163. The zero-order valence-corrected chi connectivity index (χ0v) is 76.1. The number of aryl methyl sites for hydroxylation is 5. The number of fused-ring (bicyclic) bond motifs is 8. The summed E-state index contributed by atoms with van der Waals surface area (Å²) in [6, 6.07) is 54.2. The van der Waals surface area contributed by atoms with Gasteiger partial charge in [-0.2, -0.15) is 0 Å². The molecule has 5 nitrogen and oxygen atoms in total. The molecule has 8 fully saturated rings. The van der Waals surface area contributed by atoms with E-state index in [-0.39, 0.29) is 5.41 Å². The van der Waals surface area contributed by atoms with Crippen LogP contribution in [0.4, 0.5) is 0 Å². The maximum absolute atomic E-state index is 11.2. The van der Waals surface area contributed by atoms with Gasteiger partial charge in [-0.25, -0.2) is 0 Å². The Morgan fingerprint density at radius 3 is 1.25 bits per heavy atom. The summed E-state index contributed by atoms with van der Waals surface area (Å²) >= 11 is 0. The lowest BCUT2D eigenvalue weighted by atomic mass is 9.40.